The van der Waals surface area contributed by atoms with E-state index >= 15 is 0 Å². The minimum absolute atomic E-state index is 0.0565. The molecule has 0 fully saturated rings. The van der Waals surface area contributed by atoms with Crippen molar-refractivity contribution < 1.29 is 10.2 Å². The number of halogens is 2. The summed E-state index contributed by atoms with van der Waals surface area (Å²) in [6.45, 7) is 5.90. The molecule has 0 saturated heterocycles. The van der Waals surface area contributed by atoms with E-state index in [1.165, 1.54) is 12.8 Å². The van der Waals surface area contributed by atoms with Crippen molar-refractivity contribution in [2.24, 2.45) is 0 Å². The summed E-state index contributed by atoms with van der Waals surface area (Å²) in [6, 6.07) is 7.85. The standard InChI is InChI=1S/C23H28Cl2O2/c1-4-5-6-7-8-21(17-9-19(13-26)15(2)22(24)11-17)18-10-20(14-27)16(3)23(25)12-18/h8-12,26-27H,4-7,13-14H2,1-3H3. The molecule has 146 valence electrons. The third-order valence-electron chi connectivity index (χ3n) is 5.02. The maximum atomic E-state index is 9.70. The Morgan fingerprint density at radius 1 is 0.852 bits per heavy atom. The molecule has 0 aliphatic rings. The molecule has 0 atom stereocenters. The van der Waals surface area contributed by atoms with Crippen LogP contribution in [0.3, 0.4) is 0 Å². The molecule has 0 bridgehead atoms. The lowest BCUT2D eigenvalue weighted by Gasteiger charge is -2.16. The highest BCUT2D eigenvalue weighted by atomic mass is 35.5. The van der Waals surface area contributed by atoms with E-state index in [4.69, 9.17) is 23.2 Å². The number of benzene rings is 2. The van der Waals surface area contributed by atoms with Crippen LogP contribution >= 0.6 is 23.2 Å². The molecule has 0 saturated carbocycles. The van der Waals surface area contributed by atoms with Gasteiger partial charge in [0.1, 0.15) is 0 Å². The lowest BCUT2D eigenvalue weighted by atomic mass is 9.91. The molecule has 2 rings (SSSR count). The van der Waals surface area contributed by atoms with Gasteiger partial charge in [-0.05, 0) is 89.9 Å². The van der Waals surface area contributed by atoms with Gasteiger partial charge in [-0.3, -0.25) is 0 Å². The number of unbranched alkanes of at least 4 members (excludes halogenated alkanes) is 3. The highest BCUT2D eigenvalue weighted by molar-refractivity contribution is 6.32. The fourth-order valence-corrected chi connectivity index (χ4v) is 3.63. The Hall–Kier alpha value is -1.32. The average Bonchev–Trinajstić information content (AvgIpc) is 2.66. The van der Waals surface area contributed by atoms with Crippen LogP contribution < -0.4 is 0 Å². The Kier molecular flexibility index (Phi) is 8.37. The van der Waals surface area contributed by atoms with Crippen molar-refractivity contribution in [1.29, 1.82) is 0 Å². The molecule has 2 N–H and O–H groups in total. The van der Waals surface area contributed by atoms with Crippen molar-refractivity contribution in [3.8, 4) is 0 Å². The van der Waals surface area contributed by atoms with E-state index in [2.05, 4.69) is 13.0 Å². The molecule has 0 radical (unpaired) electrons. The van der Waals surface area contributed by atoms with E-state index in [1.807, 2.05) is 38.1 Å². The molecule has 0 heterocycles. The highest BCUT2D eigenvalue weighted by Crippen LogP contribution is 2.33. The first-order chi connectivity index (χ1) is 12.9. The number of rotatable bonds is 8. The van der Waals surface area contributed by atoms with Crippen LogP contribution in [0.5, 0.6) is 0 Å². The normalized spacial score (nSPS) is 10.9. The van der Waals surface area contributed by atoms with Gasteiger partial charge in [0.2, 0.25) is 0 Å². The van der Waals surface area contributed by atoms with Gasteiger partial charge in [0.25, 0.3) is 0 Å². The van der Waals surface area contributed by atoms with Crippen LogP contribution in [-0.2, 0) is 13.2 Å². The van der Waals surface area contributed by atoms with Crippen molar-refractivity contribution in [3.05, 3.63) is 73.8 Å². The summed E-state index contributed by atoms with van der Waals surface area (Å²) in [4.78, 5) is 0. The van der Waals surface area contributed by atoms with E-state index in [0.717, 1.165) is 51.8 Å². The summed E-state index contributed by atoms with van der Waals surface area (Å²) in [5.74, 6) is 0. The summed E-state index contributed by atoms with van der Waals surface area (Å²) >= 11 is 12.8. The van der Waals surface area contributed by atoms with Crippen molar-refractivity contribution in [3.63, 3.8) is 0 Å². The number of aliphatic hydroxyl groups is 2. The third kappa shape index (κ3) is 5.36. The van der Waals surface area contributed by atoms with Gasteiger partial charge in [-0.2, -0.15) is 0 Å². The summed E-state index contributed by atoms with van der Waals surface area (Å²) in [6.07, 6.45) is 6.61. The van der Waals surface area contributed by atoms with Crippen LogP contribution in [0, 0.1) is 13.8 Å². The molecular weight excluding hydrogens is 379 g/mol. The Bertz CT molecular complexity index is 764. The van der Waals surface area contributed by atoms with Crippen molar-refractivity contribution in [1.82, 2.24) is 0 Å². The van der Waals surface area contributed by atoms with E-state index in [1.54, 1.807) is 0 Å². The molecule has 0 unspecified atom stereocenters. The lowest BCUT2D eigenvalue weighted by molar-refractivity contribution is 0.281. The molecule has 4 heteroatoms. The molecule has 0 amide bonds. The van der Waals surface area contributed by atoms with E-state index in [0.29, 0.717) is 10.0 Å². The van der Waals surface area contributed by atoms with Crippen LogP contribution in [0.25, 0.3) is 5.57 Å². The topological polar surface area (TPSA) is 40.5 Å². The minimum atomic E-state index is -0.0565. The predicted octanol–water partition coefficient (Wildman–Crippen LogP) is 6.61. The monoisotopic (exact) mass is 406 g/mol. The van der Waals surface area contributed by atoms with Gasteiger partial charge in [-0.25, -0.2) is 0 Å². The second kappa shape index (κ2) is 10.3. The maximum Gasteiger partial charge on any atom is 0.0685 e. The SMILES string of the molecule is CCCCCC=C(c1cc(Cl)c(C)c(CO)c1)c1cc(Cl)c(C)c(CO)c1. The molecule has 2 nitrogen and oxygen atoms in total. The van der Waals surface area contributed by atoms with Crippen LogP contribution in [-0.4, -0.2) is 10.2 Å². The zero-order valence-corrected chi connectivity index (χ0v) is 17.8. The lowest BCUT2D eigenvalue weighted by Crippen LogP contribution is -1.98. The average molecular weight is 407 g/mol. The number of hydrogen-bond acceptors (Lipinski definition) is 2. The van der Waals surface area contributed by atoms with E-state index in [-0.39, 0.29) is 13.2 Å². The molecule has 0 aliphatic heterocycles. The van der Waals surface area contributed by atoms with Gasteiger partial charge in [-0.1, -0.05) is 49.0 Å². The Labute approximate surface area is 172 Å². The molecule has 2 aromatic carbocycles. The fourth-order valence-electron chi connectivity index (χ4n) is 3.15. The zero-order chi connectivity index (χ0) is 20.0. The van der Waals surface area contributed by atoms with Crippen molar-refractivity contribution in [2.75, 3.05) is 0 Å². The van der Waals surface area contributed by atoms with Gasteiger partial charge in [0.15, 0.2) is 0 Å². The molecule has 27 heavy (non-hydrogen) atoms. The maximum absolute atomic E-state index is 9.70. The van der Waals surface area contributed by atoms with Gasteiger partial charge < -0.3 is 10.2 Å². The largest absolute Gasteiger partial charge is 0.392 e. The molecule has 0 spiro atoms. The first-order valence-corrected chi connectivity index (χ1v) is 10.2. The Morgan fingerprint density at radius 2 is 1.33 bits per heavy atom. The van der Waals surface area contributed by atoms with Gasteiger partial charge in [0, 0.05) is 10.0 Å². The summed E-state index contributed by atoms with van der Waals surface area (Å²) in [5.41, 5.74) is 6.36. The quantitative estimate of drug-likeness (QED) is 0.484. The van der Waals surface area contributed by atoms with E-state index < -0.39 is 0 Å². The second-order valence-electron chi connectivity index (χ2n) is 6.91. The van der Waals surface area contributed by atoms with E-state index in [9.17, 15) is 10.2 Å². The minimum Gasteiger partial charge on any atom is -0.392 e. The summed E-state index contributed by atoms with van der Waals surface area (Å²) < 4.78 is 0. The second-order valence-corrected chi connectivity index (χ2v) is 7.73. The first kappa shape index (κ1) is 22.0. The van der Waals surface area contributed by atoms with Crippen LogP contribution in [0.1, 0.15) is 66.0 Å². The third-order valence-corrected chi connectivity index (χ3v) is 5.81. The number of allylic oxidation sites excluding steroid dienone is 1. The van der Waals surface area contributed by atoms with Crippen LogP contribution in [0.2, 0.25) is 10.0 Å². The predicted molar refractivity (Wildman–Crippen MR) is 115 cm³/mol. The first-order valence-electron chi connectivity index (χ1n) is 9.43. The van der Waals surface area contributed by atoms with Crippen LogP contribution in [0.15, 0.2) is 30.3 Å². The zero-order valence-electron chi connectivity index (χ0n) is 16.3. The summed E-state index contributed by atoms with van der Waals surface area (Å²) in [5, 5.41) is 20.7. The number of hydrogen-bond donors (Lipinski definition) is 2. The van der Waals surface area contributed by atoms with Gasteiger partial charge in [-0.15, -0.1) is 0 Å². The van der Waals surface area contributed by atoms with Crippen molar-refractivity contribution in [2.45, 2.75) is 59.7 Å². The van der Waals surface area contributed by atoms with Gasteiger partial charge in [0.05, 0.1) is 13.2 Å². The smallest absolute Gasteiger partial charge is 0.0685 e. The molecular formula is C23H28Cl2O2. The molecule has 2 aromatic rings. The van der Waals surface area contributed by atoms with Crippen LogP contribution in [0.4, 0.5) is 0 Å². The highest BCUT2D eigenvalue weighted by Gasteiger charge is 2.13. The molecule has 0 aromatic heterocycles. The fraction of sp³-hybridized carbons (Fsp3) is 0.391. The van der Waals surface area contributed by atoms with Crippen molar-refractivity contribution >= 4 is 28.8 Å². The number of aliphatic hydroxyl groups excluding tert-OH is 2. The molecule has 0 aliphatic carbocycles. The Morgan fingerprint density at radius 3 is 1.74 bits per heavy atom. The Balaban J connectivity index is 2.60. The van der Waals surface area contributed by atoms with Gasteiger partial charge >= 0.3 is 0 Å². The summed E-state index contributed by atoms with van der Waals surface area (Å²) in [7, 11) is 0.